The van der Waals surface area contributed by atoms with Crippen LogP contribution >= 0.6 is 22.9 Å². The molecule has 0 atom stereocenters. The number of nitrogens with one attached hydrogen (secondary N) is 2. The van der Waals surface area contributed by atoms with Gasteiger partial charge in [-0.25, -0.2) is 15.0 Å². The number of rotatable bonds is 5. The summed E-state index contributed by atoms with van der Waals surface area (Å²) in [6.07, 6.45) is 2.64. The molecule has 2 aromatic heterocycles. The second kappa shape index (κ2) is 9.27. The second-order valence-corrected chi connectivity index (χ2v) is 9.04. The smallest absolute Gasteiger partial charge is 0.267 e. The first kappa shape index (κ1) is 22.3. The Hall–Kier alpha value is -2.95. The fourth-order valence-corrected chi connectivity index (χ4v) is 4.51. The van der Waals surface area contributed by atoms with Gasteiger partial charge in [-0.05, 0) is 38.3 Å². The van der Waals surface area contributed by atoms with E-state index in [1.54, 1.807) is 6.92 Å². The number of piperidine rings is 1. The Morgan fingerprint density at radius 2 is 1.97 bits per heavy atom. The molecule has 32 heavy (non-hydrogen) atoms. The van der Waals surface area contributed by atoms with Crippen molar-refractivity contribution < 1.29 is 15.0 Å². The maximum absolute atomic E-state index is 12.7. The lowest BCUT2D eigenvalue weighted by Crippen LogP contribution is -2.36. The largest absolute Gasteiger partial charge is 0.508 e. The van der Waals surface area contributed by atoms with Crippen LogP contribution in [0, 0.1) is 13.8 Å². The summed E-state index contributed by atoms with van der Waals surface area (Å²) in [7, 11) is 0. The van der Waals surface area contributed by atoms with Crippen LogP contribution < -0.4 is 15.5 Å². The topological polar surface area (TPSA) is 124 Å². The summed E-state index contributed by atoms with van der Waals surface area (Å²) < 4.78 is 0. The number of benzene rings is 1. The van der Waals surface area contributed by atoms with E-state index in [9.17, 15) is 15.0 Å². The van der Waals surface area contributed by atoms with E-state index < -0.39 is 0 Å². The van der Waals surface area contributed by atoms with E-state index in [1.165, 1.54) is 29.7 Å². The molecule has 9 nitrogen and oxygen atoms in total. The lowest BCUT2D eigenvalue weighted by atomic mass is 10.1. The molecule has 11 heteroatoms. The molecule has 1 fully saturated rings. The Morgan fingerprint density at radius 1 is 1.22 bits per heavy atom. The molecule has 0 radical (unpaired) electrons. The van der Waals surface area contributed by atoms with Gasteiger partial charge in [-0.15, -0.1) is 0 Å². The number of nitrogens with zero attached hydrogens (tertiary/aromatic N) is 4. The van der Waals surface area contributed by atoms with Gasteiger partial charge in [-0.1, -0.05) is 22.9 Å². The van der Waals surface area contributed by atoms with Crippen molar-refractivity contribution in [3.63, 3.8) is 0 Å². The van der Waals surface area contributed by atoms with Gasteiger partial charge in [-0.2, -0.15) is 0 Å². The minimum atomic E-state index is -0.349. The molecule has 1 aliphatic rings. The molecule has 1 aromatic carbocycles. The van der Waals surface area contributed by atoms with Gasteiger partial charge in [-0.3, -0.25) is 4.79 Å². The number of carbonyl (C=O) groups excluding carboxylic acids is 1. The number of aromatic nitrogens is 3. The maximum Gasteiger partial charge on any atom is 0.267 e. The van der Waals surface area contributed by atoms with Gasteiger partial charge >= 0.3 is 0 Å². The number of hydrogen-bond acceptors (Lipinski definition) is 9. The van der Waals surface area contributed by atoms with Crippen molar-refractivity contribution in [3.8, 4) is 5.75 Å². The molecule has 3 heterocycles. The highest BCUT2D eigenvalue weighted by Crippen LogP contribution is 2.31. The molecule has 1 saturated heterocycles. The molecule has 0 unspecified atom stereocenters. The second-order valence-electron chi connectivity index (χ2n) is 7.61. The zero-order valence-corrected chi connectivity index (χ0v) is 19.2. The van der Waals surface area contributed by atoms with Crippen LogP contribution in [0.2, 0.25) is 5.02 Å². The van der Waals surface area contributed by atoms with E-state index in [4.69, 9.17) is 11.6 Å². The van der Waals surface area contributed by atoms with Crippen molar-refractivity contribution in [2.75, 3.05) is 28.6 Å². The van der Waals surface area contributed by atoms with Crippen LogP contribution in [0.25, 0.3) is 0 Å². The highest BCUT2D eigenvalue weighted by molar-refractivity contribution is 7.17. The van der Waals surface area contributed by atoms with Crippen LogP contribution in [-0.4, -0.2) is 50.3 Å². The first-order chi connectivity index (χ1) is 15.3. The third kappa shape index (κ3) is 5.09. The fourth-order valence-electron chi connectivity index (χ4n) is 3.48. The number of amides is 1. The molecule has 0 aliphatic carbocycles. The van der Waals surface area contributed by atoms with Crippen LogP contribution in [0.4, 0.5) is 22.5 Å². The van der Waals surface area contributed by atoms with E-state index in [1.807, 2.05) is 13.0 Å². The number of hydrogen-bond donors (Lipinski definition) is 4. The van der Waals surface area contributed by atoms with Crippen molar-refractivity contribution >= 4 is 51.3 Å². The molecule has 168 valence electrons. The number of thiazole rings is 1. The van der Waals surface area contributed by atoms with Gasteiger partial charge in [0.2, 0.25) is 0 Å². The Labute approximate surface area is 194 Å². The summed E-state index contributed by atoms with van der Waals surface area (Å²) in [5.41, 5.74) is 1.10. The van der Waals surface area contributed by atoms with Gasteiger partial charge in [0.25, 0.3) is 5.91 Å². The highest BCUT2D eigenvalue weighted by atomic mass is 35.5. The van der Waals surface area contributed by atoms with Crippen LogP contribution in [0.3, 0.4) is 0 Å². The highest BCUT2D eigenvalue weighted by Gasteiger charge is 2.20. The molecule has 3 aromatic rings. The Morgan fingerprint density at radius 3 is 2.69 bits per heavy atom. The lowest BCUT2D eigenvalue weighted by molar-refractivity contribution is 0.103. The number of aryl methyl sites for hydroxylation is 2. The third-order valence-electron chi connectivity index (χ3n) is 5.09. The van der Waals surface area contributed by atoms with E-state index in [-0.39, 0.29) is 22.8 Å². The van der Waals surface area contributed by atoms with Crippen LogP contribution in [0.5, 0.6) is 5.75 Å². The maximum atomic E-state index is 12.7. The summed E-state index contributed by atoms with van der Waals surface area (Å²) in [5.74, 6) is 1.67. The predicted molar refractivity (Wildman–Crippen MR) is 125 cm³/mol. The van der Waals surface area contributed by atoms with E-state index in [0.29, 0.717) is 45.7 Å². The summed E-state index contributed by atoms with van der Waals surface area (Å²) in [6, 6.07) is 4.74. The van der Waals surface area contributed by atoms with Crippen LogP contribution in [-0.2, 0) is 0 Å². The lowest BCUT2D eigenvalue weighted by Gasteiger charge is -2.30. The quantitative estimate of drug-likeness (QED) is 0.411. The van der Waals surface area contributed by atoms with Gasteiger partial charge in [0.15, 0.2) is 5.13 Å². The Balaban J connectivity index is 1.47. The molecule has 4 rings (SSSR count). The van der Waals surface area contributed by atoms with Crippen molar-refractivity contribution in [1.82, 2.24) is 15.0 Å². The molecule has 4 N–H and O–H groups in total. The van der Waals surface area contributed by atoms with Crippen molar-refractivity contribution in [2.24, 2.45) is 0 Å². The SMILES string of the molecule is Cc1nc(Nc2ncc(C(=O)Nc3c(C)cc(O)cc3Cl)s2)cc(N2CCC(O)CC2)n1. The summed E-state index contributed by atoms with van der Waals surface area (Å²) in [5, 5.41) is 26.0. The predicted octanol–water partition coefficient (Wildman–Crippen LogP) is 3.87. The normalized spacial score (nSPS) is 14.4. The van der Waals surface area contributed by atoms with Crippen molar-refractivity contribution in [1.29, 1.82) is 0 Å². The Bertz CT molecular complexity index is 1120. The number of halogens is 1. The van der Waals surface area contributed by atoms with Crippen molar-refractivity contribution in [3.05, 3.63) is 45.7 Å². The monoisotopic (exact) mass is 474 g/mol. The van der Waals surface area contributed by atoms with Crippen molar-refractivity contribution in [2.45, 2.75) is 32.8 Å². The minimum absolute atomic E-state index is 0.0371. The minimum Gasteiger partial charge on any atom is -0.508 e. The van der Waals surface area contributed by atoms with Crippen LogP contribution in [0.1, 0.15) is 33.9 Å². The average Bonchev–Trinajstić information content (AvgIpc) is 3.19. The van der Waals surface area contributed by atoms with E-state index in [0.717, 1.165) is 18.9 Å². The molecule has 1 amide bonds. The summed E-state index contributed by atoms with van der Waals surface area (Å²) >= 11 is 7.33. The van der Waals surface area contributed by atoms with Gasteiger partial charge < -0.3 is 25.7 Å². The number of aromatic hydroxyl groups is 1. The fraction of sp³-hybridized carbons (Fsp3) is 0.333. The van der Waals surface area contributed by atoms with Gasteiger partial charge in [0.05, 0.1) is 23.0 Å². The standard InChI is InChI=1S/C21H23ClN6O3S/c1-11-7-14(30)8-15(22)19(11)27-20(31)16-10-23-21(32-16)26-17-9-18(25-12(2)24-17)28-5-3-13(29)4-6-28/h7-10,13,29-30H,3-6H2,1-2H3,(H,27,31)(H,23,24,25,26). The zero-order chi connectivity index (χ0) is 22.8. The number of carbonyl (C=O) groups is 1. The number of anilines is 4. The van der Waals surface area contributed by atoms with Gasteiger partial charge in [0, 0.05) is 25.2 Å². The molecule has 1 aliphatic heterocycles. The summed E-state index contributed by atoms with van der Waals surface area (Å²) in [6.45, 7) is 5.03. The van der Waals surface area contributed by atoms with Crippen LogP contribution in [0.15, 0.2) is 24.4 Å². The first-order valence-corrected chi connectivity index (χ1v) is 11.3. The summed E-state index contributed by atoms with van der Waals surface area (Å²) in [4.78, 5) is 28.4. The Kier molecular flexibility index (Phi) is 6.45. The van der Waals surface area contributed by atoms with E-state index in [2.05, 4.69) is 30.5 Å². The molecule has 0 spiro atoms. The molecular formula is C21H23ClN6O3S. The molecule has 0 bridgehead atoms. The van der Waals surface area contributed by atoms with E-state index >= 15 is 0 Å². The number of phenols is 1. The van der Waals surface area contributed by atoms with Gasteiger partial charge in [0.1, 0.15) is 28.1 Å². The number of phenolic OH excluding ortho intramolecular Hbond substituents is 1. The number of aliphatic hydroxyl groups is 1. The average molecular weight is 475 g/mol. The zero-order valence-electron chi connectivity index (χ0n) is 17.6. The molecule has 0 saturated carbocycles. The first-order valence-electron chi connectivity index (χ1n) is 10.1. The molecular weight excluding hydrogens is 452 g/mol. The number of aliphatic hydroxyl groups excluding tert-OH is 1. The third-order valence-corrected chi connectivity index (χ3v) is 6.30.